The van der Waals surface area contributed by atoms with Gasteiger partial charge in [0.05, 0.1) is 4.90 Å². The minimum atomic E-state index is -3.54. The van der Waals surface area contributed by atoms with Gasteiger partial charge in [-0.3, -0.25) is 0 Å². The maximum absolute atomic E-state index is 13.0. The molecule has 2 aromatic rings. The van der Waals surface area contributed by atoms with E-state index in [1.165, 1.54) is 28.6 Å². The van der Waals surface area contributed by atoms with Gasteiger partial charge in [0.25, 0.3) is 0 Å². The standard InChI is InChI=1S/C17H18ClFN2O2S/c18-13-3-9-17(10-4-13)24(22,23)21-11-1-2-16(12-21)20-15-7-5-14(19)6-8-15/h3-10,16,20H,1-2,11-12H2. The third kappa shape index (κ3) is 3.88. The van der Waals surface area contributed by atoms with Crippen LogP contribution in [0.2, 0.25) is 5.02 Å². The maximum Gasteiger partial charge on any atom is 0.243 e. The Morgan fingerprint density at radius 3 is 2.42 bits per heavy atom. The summed E-state index contributed by atoms with van der Waals surface area (Å²) in [6, 6.07) is 12.3. The van der Waals surface area contributed by atoms with Gasteiger partial charge in [0.1, 0.15) is 5.82 Å². The molecule has 7 heteroatoms. The number of rotatable bonds is 4. The number of anilines is 1. The van der Waals surface area contributed by atoms with Crippen LogP contribution in [0.3, 0.4) is 0 Å². The lowest BCUT2D eigenvalue weighted by molar-refractivity contribution is 0.327. The molecule has 1 N–H and O–H groups in total. The molecule has 0 amide bonds. The third-order valence-electron chi connectivity index (χ3n) is 4.05. The summed E-state index contributed by atoms with van der Waals surface area (Å²) >= 11 is 5.83. The number of sulfonamides is 1. The summed E-state index contributed by atoms with van der Waals surface area (Å²) in [6.07, 6.45) is 1.63. The second-order valence-electron chi connectivity index (χ2n) is 5.81. The molecule has 1 fully saturated rings. The molecule has 2 aromatic carbocycles. The van der Waals surface area contributed by atoms with Gasteiger partial charge in [0, 0.05) is 29.8 Å². The molecular formula is C17H18ClFN2O2S. The zero-order valence-corrected chi connectivity index (χ0v) is 14.5. The van der Waals surface area contributed by atoms with Gasteiger partial charge in [-0.15, -0.1) is 0 Å². The average molecular weight is 369 g/mol. The molecule has 24 heavy (non-hydrogen) atoms. The molecule has 1 unspecified atom stereocenters. The third-order valence-corrected chi connectivity index (χ3v) is 6.18. The highest BCUT2D eigenvalue weighted by atomic mass is 35.5. The van der Waals surface area contributed by atoms with Crippen molar-refractivity contribution in [3.05, 3.63) is 59.4 Å². The second-order valence-corrected chi connectivity index (χ2v) is 8.18. The molecule has 0 aromatic heterocycles. The maximum atomic E-state index is 13.0. The molecule has 1 aliphatic heterocycles. The fourth-order valence-corrected chi connectivity index (χ4v) is 4.47. The molecule has 4 nitrogen and oxygen atoms in total. The Bertz CT molecular complexity index is 794. The van der Waals surface area contributed by atoms with Crippen molar-refractivity contribution in [1.82, 2.24) is 4.31 Å². The molecular weight excluding hydrogens is 351 g/mol. The topological polar surface area (TPSA) is 49.4 Å². The molecule has 1 atom stereocenters. The molecule has 3 rings (SSSR count). The van der Waals surface area contributed by atoms with Crippen molar-refractivity contribution in [2.24, 2.45) is 0 Å². The SMILES string of the molecule is O=S(=O)(c1ccc(Cl)cc1)N1CCCC(Nc2ccc(F)cc2)C1. The molecule has 0 bridgehead atoms. The van der Waals surface area contributed by atoms with E-state index in [2.05, 4.69) is 5.32 Å². The summed E-state index contributed by atoms with van der Waals surface area (Å²) in [5.41, 5.74) is 0.784. The number of hydrogen-bond acceptors (Lipinski definition) is 3. The lowest BCUT2D eigenvalue weighted by Gasteiger charge is -2.33. The molecule has 0 radical (unpaired) electrons. The van der Waals surface area contributed by atoms with Crippen molar-refractivity contribution in [3.63, 3.8) is 0 Å². The van der Waals surface area contributed by atoms with E-state index >= 15 is 0 Å². The average Bonchev–Trinajstić information content (AvgIpc) is 2.58. The predicted octanol–water partition coefficient (Wildman–Crippen LogP) is 3.74. The lowest BCUT2D eigenvalue weighted by atomic mass is 10.1. The highest BCUT2D eigenvalue weighted by Crippen LogP contribution is 2.23. The summed E-state index contributed by atoms with van der Waals surface area (Å²) in [6.45, 7) is 0.870. The van der Waals surface area contributed by atoms with Crippen LogP contribution in [0.5, 0.6) is 0 Å². The number of nitrogens with zero attached hydrogens (tertiary/aromatic N) is 1. The summed E-state index contributed by atoms with van der Waals surface area (Å²) in [5, 5.41) is 3.78. The summed E-state index contributed by atoms with van der Waals surface area (Å²) in [5.74, 6) is -0.295. The minimum absolute atomic E-state index is 0.00807. The number of benzene rings is 2. The van der Waals surface area contributed by atoms with Crippen molar-refractivity contribution in [2.75, 3.05) is 18.4 Å². The number of halogens is 2. The Morgan fingerprint density at radius 2 is 1.75 bits per heavy atom. The smallest absolute Gasteiger partial charge is 0.243 e. The summed E-state index contributed by atoms with van der Waals surface area (Å²) in [7, 11) is -3.54. The number of hydrogen-bond donors (Lipinski definition) is 1. The number of nitrogens with one attached hydrogen (secondary N) is 1. The van der Waals surface area contributed by atoms with Crippen LogP contribution < -0.4 is 5.32 Å². The van der Waals surface area contributed by atoms with Crippen molar-refractivity contribution >= 4 is 27.3 Å². The van der Waals surface area contributed by atoms with E-state index in [-0.39, 0.29) is 16.8 Å². The Labute approximate surface area is 146 Å². The molecule has 1 heterocycles. The molecule has 0 aliphatic carbocycles. The van der Waals surface area contributed by atoms with Gasteiger partial charge in [-0.05, 0) is 61.4 Å². The van der Waals surface area contributed by atoms with Gasteiger partial charge < -0.3 is 5.32 Å². The van der Waals surface area contributed by atoms with Crippen molar-refractivity contribution in [1.29, 1.82) is 0 Å². The van der Waals surface area contributed by atoms with Crippen LogP contribution >= 0.6 is 11.6 Å². The van der Waals surface area contributed by atoms with Crippen LogP contribution in [0.1, 0.15) is 12.8 Å². The Balaban J connectivity index is 1.72. The largest absolute Gasteiger partial charge is 0.381 e. The molecule has 1 saturated heterocycles. The molecule has 128 valence electrons. The fraction of sp³-hybridized carbons (Fsp3) is 0.294. The van der Waals surface area contributed by atoms with Crippen LogP contribution in [0.15, 0.2) is 53.4 Å². The highest BCUT2D eigenvalue weighted by molar-refractivity contribution is 7.89. The Morgan fingerprint density at radius 1 is 1.08 bits per heavy atom. The van der Waals surface area contributed by atoms with Gasteiger partial charge in [0.2, 0.25) is 10.0 Å². The first kappa shape index (κ1) is 17.2. The Kier molecular flexibility index (Phi) is 5.08. The normalized spacial score (nSPS) is 19.2. The highest BCUT2D eigenvalue weighted by Gasteiger charge is 2.30. The van der Waals surface area contributed by atoms with Crippen LogP contribution in [-0.2, 0) is 10.0 Å². The van der Waals surface area contributed by atoms with E-state index in [1.807, 2.05) is 0 Å². The van der Waals surface area contributed by atoms with Gasteiger partial charge in [-0.2, -0.15) is 4.31 Å². The van der Waals surface area contributed by atoms with Crippen molar-refractivity contribution in [2.45, 2.75) is 23.8 Å². The van der Waals surface area contributed by atoms with E-state index in [0.717, 1.165) is 18.5 Å². The minimum Gasteiger partial charge on any atom is -0.381 e. The first-order valence-electron chi connectivity index (χ1n) is 7.73. The van der Waals surface area contributed by atoms with E-state index in [4.69, 9.17) is 11.6 Å². The molecule has 0 spiro atoms. The zero-order valence-electron chi connectivity index (χ0n) is 13.0. The Hall–Kier alpha value is -1.63. The number of piperidine rings is 1. The predicted molar refractivity (Wildman–Crippen MR) is 93.3 cm³/mol. The van der Waals surface area contributed by atoms with Gasteiger partial charge in [0.15, 0.2) is 0 Å². The van der Waals surface area contributed by atoms with Crippen molar-refractivity contribution in [3.8, 4) is 0 Å². The van der Waals surface area contributed by atoms with Gasteiger partial charge >= 0.3 is 0 Å². The molecule has 1 aliphatic rings. The van der Waals surface area contributed by atoms with Crippen LogP contribution in [0.4, 0.5) is 10.1 Å². The first-order valence-corrected chi connectivity index (χ1v) is 9.55. The first-order chi connectivity index (χ1) is 11.4. The van der Waals surface area contributed by atoms with Gasteiger partial charge in [-0.1, -0.05) is 11.6 Å². The second kappa shape index (κ2) is 7.09. The monoisotopic (exact) mass is 368 g/mol. The molecule has 0 saturated carbocycles. The summed E-state index contributed by atoms with van der Waals surface area (Å²) < 4.78 is 40.0. The van der Waals surface area contributed by atoms with Crippen LogP contribution in [0.25, 0.3) is 0 Å². The fourth-order valence-electron chi connectivity index (χ4n) is 2.82. The van der Waals surface area contributed by atoms with E-state index in [9.17, 15) is 12.8 Å². The zero-order chi connectivity index (χ0) is 17.2. The van der Waals surface area contributed by atoms with Crippen molar-refractivity contribution < 1.29 is 12.8 Å². The van der Waals surface area contributed by atoms with Crippen LogP contribution in [-0.4, -0.2) is 31.9 Å². The summed E-state index contributed by atoms with van der Waals surface area (Å²) in [4.78, 5) is 0.245. The van der Waals surface area contributed by atoms with Gasteiger partial charge in [-0.25, -0.2) is 12.8 Å². The lowest BCUT2D eigenvalue weighted by Crippen LogP contribution is -2.45. The van der Waals surface area contributed by atoms with E-state index in [0.29, 0.717) is 18.1 Å². The van der Waals surface area contributed by atoms with E-state index in [1.54, 1.807) is 24.3 Å². The van der Waals surface area contributed by atoms with Crippen LogP contribution in [0, 0.1) is 5.82 Å². The van der Waals surface area contributed by atoms with E-state index < -0.39 is 10.0 Å². The quantitative estimate of drug-likeness (QED) is 0.894.